The lowest BCUT2D eigenvalue weighted by molar-refractivity contribution is 0.0978. The van der Waals surface area contributed by atoms with Crippen LogP contribution in [0.4, 0.5) is 4.39 Å². The lowest BCUT2D eigenvalue weighted by Crippen LogP contribution is -2.42. The van der Waals surface area contributed by atoms with Crippen molar-refractivity contribution in [2.45, 2.75) is 38.3 Å². The van der Waals surface area contributed by atoms with Crippen molar-refractivity contribution in [3.8, 4) is 0 Å². The summed E-state index contributed by atoms with van der Waals surface area (Å²) in [6, 6.07) is 6.23. The van der Waals surface area contributed by atoms with E-state index in [1.54, 1.807) is 12.1 Å². The molecule has 0 radical (unpaired) electrons. The molecule has 1 heterocycles. The van der Waals surface area contributed by atoms with Gasteiger partial charge in [0.1, 0.15) is 5.82 Å². The molecule has 0 aliphatic carbocycles. The van der Waals surface area contributed by atoms with Crippen LogP contribution in [0.15, 0.2) is 24.3 Å². The first-order valence-electron chi connectivity index (χ1n) is 6.37. The Labute approximate surface area is 102 Å². The molecule has 3 unspecified atom stereocenters. The van der Waals surface area contributed by atoms with Crippen molar-refractivity contribution in [3.63, 3.8) is 0 Å². The number of hydrogen-bond acceptors (Lipinski definition) is 2. The highest BCUT2D eigenvalue weighted by Crippen LogP contribution is 2.27. The van der Waals surface area contributed by atoms with Crippen LogP contribution in [0.3, 0.4) is 0 Å². The summed E-state index contributed by atoms with van der Waals surface area (Å²) in [5, 5.41) is 13.6. The molecule has 3 heteroatoms. The molecule has 0 saturated carbocycles. The van der Waals surface area contributed by atoms with Gasteiger partial charge in [0, 0.05) is 6.04 Å². The minimum Gasteiger partial charge on any atom is -0.387 e. The van der Waals surface area contributed by atoms with Crippen molar-refractivity contribution in [2.75, 3.05) is 6.54 Å². The molecule has 2 rings (SSSR count). The number of halogens is 1. The molecule has 17 heavy (non-hydrogen) atoms. The van der Waals surface area contributed by atoms with Crippen LogP contribution in [0.2, 0.25) is 0 Å². The molecule has 1 saturated heterocycles. The van der Waals surface area contributed by atoms with Crippen LogP contribution in [0.1, 0.15) is 37.9 Å². The second-order valence-electron chi connectivity index (χ2n) is 4.86. The normalized spacial score (nSPS) is 26.8. The second kappa shape index (κ2) is 5.61. The van der Waals surface area contributed by atoms with Gasteiger partial charge in [-0.15, -0.1) is 0 Å². The van der Waals surface area contributed by atoms with E-state index in [0.29, 0.717) is 5.92 Å². The third kappa shape index (κ3) is 3.05. The fourth-order valence-electron chi connectivity index (χ4n) is 2.54. The van der Waals surface area contributed by atoms with Crippen molar-refractivity contribution in [3.05, 3.63) is 35.6 Å². The van der Waals surface area contributed by atoms with E-state index >= 15 is 0 Å². The van der Waals surface area contributed by atoms with Gasteiger partial charge in [-0.1, -0.05) is 25.5 Å². The summed E-state index contributed by atoms with van der Waals surface area (Å²) in [6.45, 7) is 3.15. The molecule has 94 valence electrons. The topological polar surface area (TPSA) is 32.3 Å². The first kappa shape index (κ1) is 12.5. The lowest BCUT2D eigenvalue weighted by atomic mass is 9.86. The van der Waals surface area contributed by atoms with E-state index in [1.807, 2.05) is 0 Å². The molecule has 0 aromatic heterocycles. The van der Waals surface area contributed by atoms with Crippen LogP contribution in [0, 0.1) is 11.7 Å². The van der Waals surface area contributed by atoms with Crippen molar-refractivity contribution >= 4 is 0 Å². The van der Waals surface area contributed by atoms with Gasteiger partial charge < -0.3 is 10.4 Å². The third-order valence-corrected chi connectivity index (χ3v) is 3.72. The Morgan fingerprint density at radius 2 is 2.12 bits per heavy atom. The van der Waals surface area contributed by atoms with Crippen molar-refractivity contribution in [1.29, 1.82) is 0 Å². The van der Waals surface area contributed by atoms with Gasteiger partial charge in [0.25, 0.3) is 0 Å². The standard InChI is InChI=1S/C14H20FNO/c1-2-10-7-8-16-13(9-10)14(17)11-3-5-12(15)6-4-11/h3-6,10,13-14,16-17H,2,7-9H2,1H3. The van der Waals surface area contributed by atoms with E-state index in [9.17, 15) is 9.50 Å². The monoisotopic (exact) mass is 237 g/mol. The molecule has 3 atom stereocenters. The van der Waals surface area contributed by atoms with Gasteiger partial charge in [-0.05, 0) is 43.0 Å². The Hall–Kier alpha value is -0.930. The molecule has 0 spiro atoms. The maximum atomic E-state index is 12.8. The minimum absolute atomic E-state index is 0.0964. The SMILES string of the molecule is CCC1CCNC(C(O)c2ccc(F)cc2)C1. The molecule has 1 aliphatic heterocycles. The number of rotatable bonds is 3. The maximum Gasteiger partial charge on any atom is 0.123 e. The summed E-state index contributed by atoms with van der Waals surface area (Å²) in [6.07, 6.45) is 2.80. The van der Waals surface area contributed by atoms with Gasteiger partial charge in [-0.3, -0.25) is 0 Å². The molecular weight excluding hydrogens is 217 g/mol. The number of aliphatic hydroxyl groups excluding tert-OH is 1. The van der Waals surface area contributed by atoms with Crippen LogP contribution in [0.5, 0.6) is 0 Å². The number of nitrogens with one attached hydrogen (secondary N) is 1. The molecule has 1 aromatic rings. The molecule has 1 aliphatic rings. The molecular formula is C14H20FNO. The van der Waals surface area contributed by atoms with Gasteiger partial charge >= 0.3 is 0 Å². The molecule has 2 nitrogen and oxygen atoms in total. The summed E-state index contributed by atoms with van der Waals surface area (Å²) >= 11 is 0. The maximum absolute atomic E-state index is 12.8. The zero-order chi connectivity index (χ0) is 12.3. The molecule has 0 bridgehead atoms. The fraction of sp³-hybridized carbons (Fsp3) is 0.571. The Kier molecular flexibility index (Phi) is 4.13. The average Bonchev–Trinajstić information content (AvgIpc) is 2.39. The predicted octanol–water partition coefficient (Wildman–Crippen LogP) is 2.64. The predicted molar refractivity (Wildman–Crippen MR) is 66.2 cm³/mol. The summed E-state index contributed by atoms with van der Waals surface area (Å²) in [4.78, 5) is 0. The second-order valence-corrected chi connectivity index (χ2v) is 4.86. The zero-order valence-corrected chi connectivity index (χ0v) is 10.2. The van der Waals surface area contributed by atoms with E-state index in [4.69, 9.17) is 0 Å². The number of benzene rings is 1. The van der Waals surface area contributed by atoms with Gasteiger partial charge in [-0.25, -0.2) is 4.39 Å². The average molecular weight is 237 g/mol. The summed E-state index contributed by atoms with van der Waals surface area (Å²) in [7, 11) is 0. The summed E-state index contributed by atoms with van der Waals surface area (Å²) in [5.41, 5.74) is 0.792. The first-order valence-corrected chi connectivity index (χ1v) is 6.37. The number of aliphatic hydroxyl groups is 1. The van der Waals surface area contributed by atoms with Crippen LogP contribution in [0.25, 0.3) is 0 Å². The highest BCUT2D eigenvalue weighted by molar-refractivity contribution is 5.20. The Morgan fingerprint density at radius 3 is 2.76 bits per heavy atom. The van der Waals surface area contributed by atoms with Crippen molar-refractivity contribution in [1.82, 2.24) is 5.32 Å². The van der Waals surface area contributed by atoms with Crippen molar-refractivity contribution < 1.29 is 9.50 Å². The zero-order valence-electron chi connectivity index (χ0n) is 10.2. The van der Waals surface area contributed by atoms with Gasteiger partial charge in [-0.2, -0.15) is 0 Å². The van der Waals surface area contributed by atoms with Crippen LogP contribution in [-0.2, 0) is 0 Å². The van der Waals surface area contributed by atoms with Crippen LogP contribution >= 0.6 is 0 Å². The van der Waals surface area contributed by atoms with E-state index in [2.05, 4.69) is 12.2 Å². The summed E-state index contributed by atoms with van der Waals surface area (Å²) in [5.74, 6) is 0.431. The Bertz CT molecular complexity index is 352. The van der Waals surface area contributed by atoms with E-state index < -0.39 is 6.10 Å². The first-order chi connectivity index (χ1) is 8.20. The van der Waals surface area contributed by atoms with Gasteiger partial charge in [0.05, 0.1) is 6.10 Å². The fourth-order valence-corrected chi connectivity index (χ4v) is 2.54. The van der Waals surface area contributed by atoms with Gasteiger partial charge in [0.15, 0.2) is 0 Å². The highest BCUT2D eigenvalue weighted by Gasteiger charge is 2.26. The van der Waals surface area contributed by atoms with E-state index in [1.165, 1.54) is 18.6 Å². The molecule has 2 N–H and O–H groups in total. The quantitative estimate of drug-likeness (QED) is 0.847. The highest BCUT2D eigenvalue weighted by atomic mass is 19.1. The van der Waals surface area contributed by atoms with Crippen LogP contribution < -0.4 is 5.32 Å². The van der Waals surface area contributed by atoms with E-state index in [0.717, 1.165) is 24.9 Å². The molecule has 1 fully saturated rings. The van der Waals surface area contributed by atoms with E-state index in [-0.39, 0.29) is 11.9 Å². The summed E-state index contributed by atoms with van der Waals surface area (Å²) < 4.78 is 12.8. The van der Waals surface area contributed by atoms with Gasteiger partial charge in [0.2, 0.25) is 0 Å². The van der Waals surface area contributed by atoms with Crippen LogP contribution in [-0.4, -0.2) is 17.7 Å². The number of hydrogen-bond donors (Lipinski definition) is 2. The smallest absolute Gasteiger partial charge is 0.123 e. The third-order valence-electron chi connectivity index (χ3n) is 3.72. The lowest BCUT2D eigenvalue weighted by Gasteiger charge is -2.33. The number of piperidine rings is 1. The molecule has 1 aromatic carbocycles. The minimum atomic E-state index is -0.537. The Balaban J connectivity index is 2.03. The largest absolute Gasteiger partial charge is 0.387 e. The molecule has 0 amide bonds. The van der Waals surface area contributed by atoms with Crippen molar-refractivity contribution in [2.24, 2.45) is 5.92 Å². The Morgan fingerprint density at radius 1 is 1.41 bits per heavy atom.